The highest BCUT2D eigenvalue weighted by Gasteiger charge is 2.05. The van der Waals surface area contributed by atoms with Gasteiger partial charge in [-0.15, -0.1) is 0 Å². The van der Waals surface area contributed by atoms with Crippen LogP contribution in [0.4, 0.5) is 0 Å². The van der Waals surface area contributed by atoms with Crippen molar-refractivity contribution in [3.8, 4) is 0 Å². The normalized spacial score (nSPS) is 11.1. The van der Waals surface area contributed by atoms with Crippen molar-refractivity contribution in [2.24, 2.45) is 12.8 Å². The Morgan fingerprint density at radius 2 is 2.07 bits per heavy atom. The zero-order valence-corrected chi connectivity index (χ0v) is 8.75. The van der Waals surface area contributed by atoms with Crippen molar-refractivity contribution >= 4 is 10.9 Å². The largest absolute Gasteiger partial charge is 0.351 e. The minimum absolute atomic E-state index is 0.717. The molecular formula is C12H16N2. The fourth-order valence-electron chi connectivity index (χ4n) is 2.00. The lowest BCUT2D eigenvalue weighted by Gasteiger charge is -2.06. The predicted octanol–water partition coefficient (Wildman–Crippen LogP) is 1.99. The van der Waals surface area contributed by atoms with Gasteiger partial charge in [0.2, 0.25) is 0 Å². The Labute approximate surface area is 84.3 Å². The Bertz CT molecular complexity index is 455. The first-order chi connectivity index (χ1) is 6.74. The molecule has 2 rings (SSSR count). The molecule has 0 radical (unpaired) electrons. The summed E-state index contributed by atoms with van der Waals surface area (Å²) < 4.78 is 2.15. The van der Waals surface area contributed by atoms with Crippen molar-refractivity contribution in [3.63, 3.8) is 0 Å². The van der Waals surface area contributed by atoms with Crippen LogP contribution in [0.1, 0.15) is 11.1 Å². The molecule has 0 saturated heterocycles. The number of aromatic nitrogens is 1. The molecule has 0 atom stereocenters. The van der Waals surface area contributed by atoms with E-state index in [9.17, 15) is 0 Å². The molecule has 0 amide bonds. The number of rotatable bonds is 2. The summed E-state index contributed by atoms with van der Waals surface area (Å²) in [4.78, 5) is 0. The second kappa shape index (κ2) is 3.46. The highest BCUT2D eigenvalue weighted by molar-refractivity contribution is 5.84. The molecule has 1 heterocycles. The maximum Gasteiger partial charge on any atom is 0.0480 e. The predicted molar refractivity (Wildman–Crippen MR) is 60.4 cm³/mol. The number of nitrogens with two attached hydrogens (primary N) is 1. The SMILES string of the molecule is Cc1ccc2c(ccn2C)c1CCN. The van der Waals surface area contributed by atoms with Gasteiger partial charge in [-0.1, -0.05) is 6.07 Å². The van der Waals surface area contributed by atoms with E-state index in [1.165, 1.54) is 22.0 Å². The van der Waals surface area contributed by atoms with Crippen LogP contribution in [-0.2, 0) is 13.5 Å². The van der Waals surface area contributed by atoms with E-state index in [-0.39, 0.29) is 0 Å². The van der Waals surface area contributed by atoms with Crippen LogP contribution in [0.5, 0.6) is 0 Å². The van der Waals surface area contributed by atoms with E-state index in [1.54, 1.807) is 0 Å². The topological polar surface area (TPSA) is 30.9 Å². The van der Waals surface area contributed by atoms with Gasteiger partial charge in [-0.05, 0) is 43.1 Å². The Morgan fingerprint density at radius 1 is 1.29 bits per heavy atom. The van der Waals surface area contributed by atoms with Crippen molar-refractivity contribution in [3.05, 3.63) is 35.5 Å². The zero-order chi connectivity index (χ0) is 10.1. The molecule has 0 unspecified atom stereocenters. The summed E-state index contributed by atoms with van der Waals surface area (Å²) in [5, 5.41) is 1.35. The van der Waals surface area contributed by atoms with Crippen LogP contribution in [-0.4, -0.2) is 11.1 Å². The molecule has 2 aromatic rings. The summed E-state index contributed by atoms with van der Waals surface area (Å²) in [6.07, 6.45) is 3.07. The van der Waals surface area contributed by atoms with Crippen molar-refractivity contribution < 1.29 is 0 Å². The van der Waals surface area contributed by atoms with E-state index >= 15 is 0 Å². The number of fused-ring (bicyclic) bond motifs is 1. The molecule has 2 N–H and O–H groups in total. The van der Waals surface area contributed by atoms with Crippen LogP contribution in [0, 0.1) is 6.92 Å². The van der Waals surface area contributed by atoms with Gasteiger partial charge >= 0.3 is 0 Å². The molecule has 0 saturated carbocycles. The van der Waals surface area contributed by atoms with E-state index in [0.717, 1.165) is 13.0 Å². The lowest BCUT2D eigenvalue weighted by Crippen LogP contribution is -2.04. The Hall–Kier alpha value is -1.28. The van der Waals surface area contributed by atoms with Crippen LogP contribution in [0.25, 0.3) is 10.9 Å². The fraction of sp³-hybridized carbons (Fsp3) is 0.333. The van der Waals surface area contributed by atoms with Gasteiger partial charge in [0.1, 0.15) is 0 Å². The molecule has 14 heavy (non-hydrogen) atoms. The quantitative estimate of drug-likeness (QED) is 0.767. The van der Waals surface area contributed by atoms with E-state index in [4.69, 9.17) is 5.73 Å². The summed E-state index contributed by atoms with van der Waals surface area (Å²) in [7, 11) is 2.07. The van der Waals surface area contributed by atoms with Crippen molar-refractivity contribution in [1.82, 2.24) is 4.57 Å². The monoisotopic (exact) mass is 188 g/mol. The van der Waals surface area contributed by atoms with Crippen molar-refractivity contribution in [2.45, 2.75) is 13.3 Å². The summed E-state index contributed by atoms with van der Waals surface area (Å²) in [6, 6.07) is 6.52. The average molecular weight is 188 g/mol. The van der Waals surface area contributed by atoms with Gasteiger partial charge in [0, 0.05) is 24.1 Å². The smallest absolute Gasteiger partial charge is 0.0480 e. The van der Waals surface area contributed by atoms with Crippen molar-refractivity contribution in [1.29, 1.82) is 0 Å². The average Bonchev–Trinajstić information content (AvgIpc) is 2.53. The highest BCUT2D eigenvalue weighted by atomic mass is 14.9. The fourth-order valence-corrected chi connectivity index (χ4v) is 2.00. The van der Waals surface area contributed by atoms with E-state index in [2.05, 4.69) is 42.9 Å². The first-order valence-electron chi connectivity index (χ1n) is 4.97. The van der Waals surface area contributed by atoms with Crippen LogP contribution in [0.2, 0.25) is 0 Å². The summed E-state index contributed by atoms with van der Waals surface area (Å²) in [6.45, 7) is 2.87. The molecule has 0 aliphatic carbocycles. The first-order valence-corrected chi connectivity index (χ1v) is 4.97. The molecule has 0 spiro atoms. The van der Waals surface area contributed by atoms with Crippen LogP contribution < -0.4 is 5.73 Å². The lowest BCUT2D eigenvalue weighted by molar-refractivity contribution is 0.957. The Kier molecular flexibility index (Phi) is 2.30. The second-order valence-electron chi connectivity index (χ2n) is 3.76. The number of hydrogen-bond acceptors (Lipinski definition) is 1. The zero-order valence-electron chi connectivity index (χ0n) is 8.75. The van der Waals surface area contributed by atoms with Gasteiger partial charge in [-0.3, -0.25) is 0 Å². The third-order valence-corrected chi connectivity index (χ3v) is 2.81. The number of hydrogen-bond donors (Lipinski definition) is 1. The first kappa shape index (κ1) is 9.28. The Morgan fingerprint density at radius 3 is 2.79 bits per heavy atom. The maximum absolute atomic E-state index is 5.62. The lowest BCUT2D eigenvalue weighted by atomic mass is 10.0. The van der Waals surface area contributed by atoms with E-state index in [0.29, 0.717) is 0 Å². The molecule has 1 aromatic carbocycles. The molecule has 0 aliphatic rings. The van der Waals surface area contributed by atoms with Gasteiger partial charge in [-0.25, -0.2) is 0 Å². The summed E-state index contributed by atoms with van der Waals surface area (Å²) >= 11 is 0. The van der Waals surface area contributed by atoms with Crippen LogP contribution >= 0.6 is 0 Å². The van der Waals surface area contributed by atoms with Gasteiger partial charge in [-0.2, -0.15) is 0 Å². The minimum atomic E-state index is 0.717. The number of nitrogens with zero attached hydrogens (tertiary/aromatic N) is 1. The number of aryl methyl sites for hydroxylation is 2. The second-order valence-corrected chi connectivity index (χ2v) is 3.76. The molecule has 0 aliphatic heterocycles. The van der Waals surface area contributed by atoms with E-state index in [1.807, 2.05) is 0 Å². The highest BCUT2D eigenvalue weighted by Crippen LogP contribution is 2.22. The van der Waals surface area contributed by atoms with Gasteiger partial charge < -0.3 is 10.3 Å². The summed E-state index contributed by atoms with van der Waals surface area (Å²) in [5.74, 6) is 0. The third kappa shape index (κ3) is 1.32. The van der Waals surface area contributed by atoms with Crippen LogP contribution in [0.15, 0.2) is 24.4 Å². The molecule has 1 aromatic heterocycles. The molecule has 74 valence electrons. The maximum atomic E-state index is 5.62. The molecule has 2 heteroatoms. The van der Waals surface area contributed by atoms with Crippen LogP contribution in [0.3, 0.4) is 0 Å². The molecule has 2 nitrogen and oxygen atoms in total. The standard InChI is InChI=1S/C12H16N2/c1-9-3-4-12-11(6-8-14(12)2)10(9)5-7-13/h3-4,6,8H,5,7,13H2,1-2H3. The van der Waals surface area contributed by atoms with Gasteiger partial charge in [0.25, 0.3) is 0 Å². The van der Waals surface area contributed by atoms with E-state index < -0.39 is 0 Å². The third-order valence-electron chi connectivity index (χ3n) is 2.81. The Balaban J connectivity index is 2.70. The minimum Gasteiger partial charge on any atom is -0.351 e. The van der Waals surface area contributed by atoms with Gasteiger partial charge in [0.05, 0.1) is 0 Å². The summed E-state index contributed by atoms with van der Waals surface area (Å²) in [5.41, 5.74) is 9.65. The molecule has 0 fully saturated rings. The molecular weight excluding hydrogens is 172 g/mol. The van der Waals surface area contributed by atoms with Gasteiger partial charge in [0.15, 0.2) is 0 Å². The van der Waals surface area contributed by atoms with Crippen molar-refractivity contribution in [2.75, 3.05) is 6.54 Å². The molecule has 0 bridgehead atoms. The number of benzene rings is 1.